The second kappa shape index (κ2) is 10.6. The van der Waals surface area contributed by atoms with Crippen LogP contribution in [0.2, 0.25) is 0 Å². The van der Waals surface area contributed by atoms with Gasteiger partial charge in [0.05, 0.1) is 0 Å². The number of pyridine rings is 1. The molecule has 1 atom stereocenters. The Balaban J connectivity index is 1.38. The van der Waals surface area contributed by atoms with E-state index in [0.29, 0.717) is 30.5 Å². The highest BCUT2D eigenvalue weighted by molar-refractivity contribution is 6.08. The molecule has 4 rings (SSSR count). The Bertz CT molecular complexity index is 1240. The van der Waals surface area contributed by atoms with Gasteiger partial charge in [0.25, 0.3) is 5.78 Å². The van der Waals surface area contributed by atoms with Gasteiger partial charge in [-0.05, 0) is 66.6 Å². The van der Waals surface area contributed by atoms with Gasteiger partial charge in [0, 0.05) is 35.5 Å². The monoisotopic (exact) mass is 451 g/mol. The molecule has 0 aliphatic heterocycles. The first-order valence-electron chi connectivity index (χ1n) is 11.3. The number of phenols is 1. The molecular weight excluding hydrogens is 426 g/mol. The normalized spacial score (nSPS) is 15.4. The molecule has 1 unspecified atom stereocenters. The van der Waals surface area contributed by atoms with Gasteiger partial charge in [-0.1, -0.05) is 42.5 Å². The smallest absolute Gasteiger partial charge is 0.259 e. The largest absolute Gasteiger partial charge is 0.508 e. The molecule has 6 nitrogen and oxygen atoms in total. The number of nitriles is 1. The molecule has 0 saturated heterocycles. The Hall–Kier alpha value is -4.24. The number of carbonyl (C=O) groups is 2. The maximum absolute atomic E-state index is 12.6. The molecule has 0 fully saturated rings. The van der Waals surface area contributed by atoms with Crippen LogP contribution < -0.4 is 5.32 Å². The Kier molecular flexibility index (Phi) is 7.14. The van der Waals surface area contributed by atoms with E-state index in [2.05, 4.69) is 10.3 Å². The molecule has 170 valence electrons. The summed E-state index contributed by atoms with van der Waals surface area (Å²) in [6.07, 6.45) is 4.24. The molecule has 0 spiro atoms. The van der Waals surface area contributed by atoms with E-state index < -0.39 is 5.78 Å². The molecule has 6 heteroatoms. The van der Waals surface area contributed by atoms with E-state index in [1.54, 1.807) is 24.4 Å². The summed E-state index contributed by atoms with van der Waals surface area (Å²) in [6.45, 7) is 0. The lowest BCUT2D eigenvalue weighted by molar-refractivity contribution is -0.120. The van der Waals surface area contributed by atoms with Crippen molar-refractivity contribution in [1.29, 1.82) is 5.26 Å². The molecule has 2 N–H and O–H groups in total. The fourth-order valence-electron chi connectivity index (χ4n) is 4.25. The third kappa shape index (κ3) is 5.57. The molecule has 1 aromatic heterocycles. The topological polar surface area (TPSA) is 103 Å². The summed E-state index contributed by atoms with van der Waals surface area (Å²) in [7, 11) is 0. The van der Waals surface area contributed by atoms with Crippen molar-refractivity contribution in [3.05, 3.63) is 95.5 Å². The first-order valence-corrected chi connectivity index (χ1v) is 11.3. The number of aromatic nitrogens is 1. The zero-order chi connectivity index (χ0) is 23.9. The van der Waals surface area contributed by atoms with Gasteiger partial charge in [-0.25, -0.2) is 0 Å². The SMILES string of the molecule is N#CC(=O)C1=C(NC(=O)CCc2ccc(-c3ccc(O)cc3)cc2)CCC(c2ccccn2)C1. The van der Waals surface area contributed by atoms with Crippen molar-refractivity contribution in [2.24, 2.45) is 0 Å². The highest BCUT2D eigenvalue weighted by Gasteiger charge is 2.28. The van der Waals surface area contributed by atoms with Crippen molar-refractivity contribution in [2.45, 2.75) is 38.0 Å². The number of Topliss-reactive ketones (excluding diaryl/α,β-unsaturated/α-hetero) is 1. The minimum Gasteiger partial charge on any atom is -0.508 e. The van der Waals surface area contributed by atoms with Crippen LogP contribution in [0.1, 0.15) is 42.9 Å². The maximum Gasteiger partial charge on any atom is 0.259 e. The van der Waals surface area contributed by atoms with Crippen LogP contribution in [0.4, 0.5) is 0 Å². The van der Waals surface area contributed by atoms with Crippen molar-refractivity contribution < 1.29 is 14.7 Å². The van der Waals surface area contributed by atoms with Gasteiger partial charge < -0.3 is 10.4 Å². The lowest BCUT2D eigenvalue weighted by Crippen LogP contribution is -2.29. The van der Waals surface area contributed by atoms with Crippen LogP contribution in [0, 0.1) is 11.3 Å². The number of amides is 1. The summed E-state index contributed by atoms with van der Waals surface area (Å²) in [5.74, 6) is -0.481. The first kappa shape index (κ1) is 22.9. The number of rotatable bonds is 7. The van der Waals surface area contributed by atoms with Crippen LogP contribution in [0.25, 0.3) is 11.1 Å². The molecule has 3 aromatic rings. The quantitative estimate of drug-likeness (QED) is 0.502. The van der Waals surface area contributed by atoms with Gasteiger partial charge in [-0.2, -0.15) is 5.26 Å². The zero-order valence-corrected chi connectivity index (χ0v) is 18.7. The van der Waals surface area contributed by atoms with Crippen molar-refractivity contribution in [1.82, 2.24) is 10.3 Å². The number of allylic oxidation sites excluding steroid dienone is 2. The van der Waals surface area contributed by atoms with Crippen molar-refractivity contribution in [2.75, 3.05) is 0 Å². The number of ketones is 1. The molecule has 0 radical (unpaired) electrons. The molecule has 0 saturated carbocycles. The number of nitrogens with one attached hydrogen (secondary N) is 1. The molecule has 1 amide bonds. The fraction of sp³-hybridized carbons (Fsp3) is 0.214. The Labute approximate surface area is 198 Å². The summed E-state index contributed by atoms with van der Waals surface area (Å²) in [6, 6.07) is 22.3. The van der Waals surface area contributed by atoms with Crippen LogP contribution in [0.5, 0.6) is 5.75 Å². The first-order chi connectivity index (χ1) is 16.5. The Morgan fingerprint density at radius 2 is 1.74 bits per heavy atom. The highest BCUT2D eigenvalue weighted by Crippen LogP contribution is 2.35. The number of carbonyl (C=O) groups excluding carboxylic acids is 2. The number of phenolic OH excluding ortho intramolecular Hbond substituents is 1. The Morgan fingerprint density at radius 1 is 1.03 bits per heavy atom. The van der Waals surface area contributed by atoms with E-state index in [1.165, 1.54) is 0 Å². The third-order valence-corrected chi connectivity index (χ3v) is 6.12. The number of aromatic hydroxyl groups is 1. The number of aryl methyl sites for hydroxylation is 1. The molecule has 1 aliphatic rings. The molecule has 0 bridgehead atoms. The number of nitrogens with zero attached hydrogens (tertiary/aromatic N) is 2. The average Bonchev–Trinajstić information content (AvgIpc) is 2.88. The van der Waals surface area contributed by atoms with Crippen LogP contribution >= 0.6 is 0 Å². The standard InChI is InChI=1S/C28H25N3O3/c29-18-27(33)24-17-22(25-3-1-2-16-30-25)11-14-26(24)31-28(34)15-6-19-4-7-20(8-5-19)21-9-12-23(32)13-10-21/h1-5,7-10,12-13,16,22,32H,6,11,14-15,17H2,(H,31,34). The van der Waals surface area contributed by atoms with Gasteiger partial charge in [-0.15, -0.1) is 0 Å². The van der Waals surface area contributed by atoms with Gasteiger partial charge in [0.1, 0.15) is 11.8 Å². The van der Waals surface area contributed by atoms with E-state index in [1.807, 2.05) is 54.6 Å². The van der Waals surface area contributed by atoms with Crippen LogP contribution in [-0.2, 0) is 16.0 Å². The molecular formula is C28H25N3O3. The highest BCUT2D eigenvalue weighted by atomic mass is 16.3. The fourth-order valence-corrected chi connectivity index (χ4v) is 4.25. The second-order valence-electron chi connectivity index (χ2n) is 8.38. The summed E-state index contributed by atoms with van der Waals surface area (Å²) < 4.78 is 0. The van der Waals surface area contributed by atoms with Gasteiger partial charge in [0.15, 0.2) is 0 Å². The van der Waals surface area contributed by atoms with Crippen LogP contribution in [0.3, 0.4) is 0 Å². The zero-order valence-electron chi connectivity index (χ0n) is 18.7. The van der Waals surface area contributed by atoms with Gasteiger partial charge >= 0.3 is 0 Å². The summed E-state index contributed by atoms with van der Waals surface area (Å²) in [5.41, 5.74) is 4.90. The van der Waals surface area contributed by atoms with E-state index >= 15 is 0 Å². The lowest BCUT2D eigenvalue weighted by Gasteiger charge is -2.25. The molecule has 1 heterocycles. The van der Waals surface area contributed by atoms with E-state index in [0.717, 1.165) is 28.8 Å². The van der Waals surface area contributed by atoms with Gasteiger partial charge in [0.2, 0.25) is 5.91 Å². The van der Waals surface area contributed by atoms with Crippen LogP contribution in [-0.4, -0.2) is 21.8 Å². The minimum atomic E-state index is -0.597. The third-order valence-electron chi connectivity index (χ3n) is 6.12. The number of benzene rings is 2. The van der Waals surface area contributed by atoms with Crippen molar-refractivity contribution in [3.8, 4) is 22.9 Å². The second-order valence-corrected chi connectivity index (χ2v) is 8.38. The number of hydrogen-bond acceptors (Lipinski definition) is 5. The van der Waals surface area contributed by atoms with E-state index in [-0.39, 0.29) is 24.0 Å². The summed E-state index contributed by atoms with van der Waals surface area (Å²) in [4.78, 5) is 29.3. The molecule has 34 heavy (non-hydrogen) atoms. The minimum absolute atomic E-state index is 0.0567. The van der Waals surface area contributed by atoms with Gasteiger partial charge in [-0.3, -0.25) is 14.6 Å². The summed E-state index contributed by atoms with van der Waals surface area (Å²) >= 11 is 0. The molecule has 1 aliphatic carbocycles. The summed E-state index contributed by atoms with van der Waals surface area (Å²) in [5, 5.41) is 21.5. The molecule has 2 aromatic carbocycles. The van der Waals surface area contributed by atoms with E-state index in [9.17, 15) is 20.0 Å². The average molecular weight is 452 g/mol. The predicted molar refractivity (Wildman–Crippen MR) is 128 cm³/mol. The van der Waals surface area contributed by atoms with Crippen molar-refractivity contribution in [3.63, 3.8) is 0 Å². The van der Waals surface area contributed by atoms with Crippen molar-refractivity contribution >= 4 is 11.7 Å². The maximum atomic E-state index is 12.6. The van der Waals surface area contributed by atoms with E-state index in [4.69, 9.17) is 0 Å². The lowest BCUT2D eigenvalue weighted by atomic mass is 9.83. The van der Waals surface area contributed by atoms with Crippen LogP contribution in [0.15, 0.2) is 84.2 Å². The number of hydrogen-bond donors (Lipinski definition) is 2. The predicted octanol–water partition coefficient (Wildman–Crippen LogP) is 4.82. The Morgan fingerprint density at radius 3 is 2.38 bits per heavy atom.